The highest BCUT2D eigenvalue weighted by atomic mass is 16.5. The van der Waals surface area contributed by atoms with Gasteiger partial charge in [0, 0.05) is 6.42 Å². The number of hydrogen-bond donors (Lipinski definition) is 0. The quantitative estimate of drug-likeness (QED) is 0.604. The Morgan fingerprint density at radius 2 is 1.91 bits per heavy atom. The Morgan fingerprint density at radius 1 is 1.14 bits per heavy atom. The van der Waals surface area contributed by atoms with Gasteiger partial charge in [0.05, 0.1) is 7.11 Å². The molecule has 0 bridgehead atoms. The van der Waals surface area contributed by atoms with E-state index in [1.807, 2.05) is 48.5 Å². The molecule has 112 valence electrons. The van der Waals surface area contributed by atoms with Crippen LogP contribution >= 0.6 is 0 Å². The molecule has 0 N–H and O–H groups in total. The van der Waals surface area contributed by atoms with Crippen molar-refractivity contribution >= 4 is 5.97 Å². The molecular formula is C19H18O3. The van der Waals surface area contributed by atoms with Gasteiger partial charge in [-0.3, -0.25) is 4.79 Å². The summed E-state index contributed by atoms with van der Waals surface area (Å²) in [5, 5.41) is 0. The number of rotatable bonds is 6. The van der Waals surface area contributed by atoms with Gasteiger partial charge in [0.1, 0.15) is 12.4 Å². The molecule has 0 heterocycles. The third-order valence-corrected chi connectivity index (χ3v) is 3.29. The summed E-state index contributed by atoms with van der Waals surface area (Å²) in [7, 11) is 1.40. The van der Waals surface area contributed by atoms with Gasteiger partial charge in [-0.25, -0.2) is 0 Å². The fourth-order valence-corrected chi connectivity index (χ4v) is 2.10. The number of ether oxygens (including phenoxy) is 2. The zero-order chi connectivity index (χ0) is 15.8. The minimum atomic E-state index is -0.192. The predicted octanol–water partition coefficient (Wildman–Crippen LogP) is 3.47. The van der Waals surface area contributed by atoms with E-state index in [1.165, 1.54) is 7.11 Å². The van der Waals surface area contributed by atoms with Gasteiger partial charge < -0.3 is 9.47 Å². The molecule has 0 saturated heterocycles. The van der Waals surface area contributed by atoms with E-state index in [0.717, 1.165) is 22.4 Å². The number of terminal acetylenes is 1. The van der Waals surface area contributed by atoms with Crippen LogP contribution < -0.4 is 4.74 Å². The highest BCUT2D eigenvalue weighted by Crippen LogP contribution is 2.24. The first-order valence-corrected chi connectivity index (χ1v) is 7.05. The molecule has 0 aliphatic carbocycles. The van der Waals surface area contributed by atoms with Gasteiger partial charge in [-0.1, -0.05) is 42.3 Å². The number of benzene rings is 2. The lowest BCUT2D eigenvalue weighted by Crippen LogP contribution is -2.01. The number of hydrogen-bond acceptors (Lipinski definition) is 3. The van der Waals surface area contributed by atoms with Gasteiger partial charge in [-0.2, -0.15) is 0 Å². The molecule has 3 nitrogen and oxygen atoms in total. The molecular weight excluding hydrogens is 276 g/mol. The van der Waals surface area contributed by atoms with Crippen LogP contribution in [-0.4, -0.2) is 19.7 Å². The van der Waals surface area contributed by atoms with Gasteiger partial charge in [-0.05, 0) is 35.2 Å². The van der Waals surface area contributed by atoms with Crippen molar-refractivity contribution in [3.8, 4) is 29.2 Å². The first-order chi connectivity index (χ1) is 10.7. The smallest absolute Gasteiger partial charge is 0.305 e. The van der Waals surface area contributed by atoms with Crippen LogP contribution in [0.4, 0.5) is 0 Å². The van der Waals surface area contributed by atoms with E-state index >= 15 is 0 Å². The van der Waals surface area contributed by atoms with E-state index in [4.69, 9.17) is 11.2 Å². The van der Waals surface area contributed by atoms with E-state index in [1.54, 1.807) is 0 Å². The van der Waals surface area contributed by atoms with Crippen LogP contribution in [0.5, 0.6) is 5.75 Å². The molecule has 0 aromatic heterocycles. The predicted molar refractivity (Wildman–Crippen MR) is 86.5 cm³/mol. The molecule has 2 aromatic rings. The van der Waals surface area contributed by atoms with Crippen LogP contribution in [0.25, 0.3) is 11.1 Å². The maximum absolute atomic E-state index is 11.1. The first kappa shape index (κ1) is 15.7. The molecule has 0 saturated carbocycles. The Kier molecular flexibility index (Phi) is 5.62. The van der Waals surface area contributed by atoms with E-state index in [-0.39, 0.29) is 12.6 Å². The Labute approximate surface area is 130 Å². The summed E-state index contributed by atoms with van der Waals surface area (Å²) >= 11 is 0. The molecule has 22 heavy (non-hydrogen) atoms. The van der Waals surface area contributed by atoms with Crippen molar-refractivity contribution in [2.75, 3.05) is 13.7 Å². The van der Waals surface area contributed by atoms with E-state index in [9.17, 15) is 4.79 Å². The summed E-state index contributed by atoms with van der Waals surface area (Å²) in [6.45, 7) is 0.260. The topological polar surface area (TPSA) is 35.5 Å². The van der Waals surface area contributed by atoms with Gasteiger partial charge in [-0.15, -0.1) is 6.42 Å². The SMILES string of the molecule is C#CCOc1cccc(-c2ccc(CCC(=O)OC)cc2)c1. The molecule has 0 fully saturated rings. The second-order valence-corrected chi connectivity index (χ2v) is 4.79. The van der Waals surface area contributed by atoms with Crippen LogP contribution in [0.15, 0.2) is 48.5 Å². The Morgan fingerprint density at radius 3 is 2.59 bits per heavy atom. The number of carbonyl (C=O) groups is 1. The summed E-state index contributed by atoms with van der Waals surface area (Å²) in [4.78, 5) is 11.1. The number of aryl methyl sites for hydroxylation is 1. The molecule has 0 atom stereocenters. The third-order valence-electron chi connectivity index (χ3n) is 3.29. The van der Waals surface area contributed by atoms with Crippen LogP contribution in [-0.2, 0) is 16.0 Å². The lowest BCUT2D eigenvalue weighted by molar-refractivity contribution is -0.140. The van der Waals surface area contributed by atoms with Crippen LogP contribution in [0.3, 0.4) is 0 Å². The van der Waals surface area contributed by atoms with Crippen molar-refractivity contribution in [2.45, 2.75) is 12.8 Å². The lowest BCUT2D eigenvalue weighted by atomic mass is 10.0. The van der Waals surface area contributed by atoms with E-state index in [2.05, 4.69) is 10.7 Å². The molecule has 2 aromatic carbocycles. The van der Waals surface area contributed by atoms with Crippen LogP contribution in [0.1, 0.15) is 12.0 Å². The van der Waals surface area contributed by atoms with Crippen LogP contribution in [0, 0.1) is 12.3 Å². The largest absolute Gasteiger partial charge is 0.481 e. The summed E-state index contributed by atoms with van der Waals surface area (Å²) in [5.41, 5.74) is 3.26. The highest BCUT2D eigenvalue weighted by molar-refractivity contribution is 5.69. The molecule has 2 rings (SSSR count). The van der Waals surface area contributed by atoms with Crippen molar-refractivity contribution in [2.24, 2.45) is 0 Å². The normalized spacial score (nSPS) is 9.82. The van der Waals surface area contributed by atoms with Crippen molar-refractivity contribution in [1.29, 1.82) is 0 Å². The number of esters is 1. The monoisotopic (exact) mass is 294 g/mol. The minimum absolute atomic E-state index is 0.192. The highest BCUT2D eigenvalue weighted by Gasteiger charge is 2.03. The average molecular weight is 294 g/mol. The molecule has 0 unspecified atom stereocenters. The lowest BCUT2D eigenvalue weighted by Gasteiger charge is -2.07. The van der Waals surface area contributed by atoms with Gasteiger partial charge in [0.15, 0.2) is 0 Å². The maximum atomic E-state index is 11.1. The minimum Gasteiger partial charge on any atom is -0.481 e. The number of carbonyl (C=O) groups excluding carboxylic acids is 1. The Bertz CT molecular complexity index is 666. The Balaban J connectivity index is 2.07. The van der Waals surface area contributed by atoms with Gasteiger partial charge >= 0.3 is 5.97 Å². The zero-order valence-electron chi connectivity index (χ0n) is 12.5. The molecule has 0 aliphatic heterocycles. The standard InChI is InChI=1S/C19H18O3/c1-3-13-22-18-6-4-5-17(14-18)16-10-7-15(8-11-16)9-12-19(20)21-2/h1,4-8,10-11,14H,9,12-13H2,2H3. The van der Waals surface area contributed by atoms with E-state index in [0.29, 0.717) is 12.8 Å². The molecule has 0 radical (unpaired) electrons. The summed E-state index contributed by atoms with van der Waals surface area (Å²) < 4.78 is 10.1. The van der Waals surface area contributed by atoms with Gasteiger partial charge in [0.25, 0.3) is 0 Å². The van der Waals surface area contributed by atoms with Crippen molar-refractivity contribution in [3.05, 3.63) is 54.1 Å². The fourth-order valence-electron chi connectivity index (χ4n) is 2.10. The second-order valence-electron chi connectivity index (χ2n) is 4.79. The fraction of sp³-hybridized carbons (Fsp3) is 0.211. The second kappa shape index (κ2) is 7.90. The maximum Gasteiger partial charge on any atom is 0.305 e. The van der Waals surface area contributed by atoms with E-state index < -0.39 is 0 Å². The Hall–Kier alpha value is -2.73. The average Bonchev–Trinajstić information content (AvgIpc) is 2.58. The molecule has 0 spiro atoms. The first-order valence-electron chi connectivity index (χ1n) is 7.05. The van der Waals surface area contributed by atoms with Crippen molar-refractivity contribution < 1.29 is 14.3 Å². The molecule has 0 amide bonds. The summed E-state index contributed by atoms with van der Waals surface area (Å²) in [6, 6.07) is 15.9. The van der Waals surface area contributed by atoms with Crippen LogP contribution in [0.2, 0.25) is 0 Å². The molecule has 3 heteroatoms. The third kappa shape index (κ3) is 4.39. The van der Waals surface area contributed by atoms with Crippen molar-refractivity contribution in [3.63, 3.8) is 0 Å². The van der Waals surface area contributed by atoms with Crippen molar-refractivity contribution in [1.82, 2.24) is 0 Å². The number of methoxy groups -OCH3 is 1. The summed E-state index contributed by atoms with van der Waals surface area (Å²) in [5.74, 6) is 3.01. The molecule has 0 aliphatic rings. The summed E-state index contributed by atoms with van der Waals surface area (Å²) in [6.07, 6.45) is 6.27. The van der Waals surface area contributed by atoms with Gasteiger partial charge in [0.2, 0.25) is 0 Å². The zero-order valence-corrected chi connectivity index (χ0v) is 12.5.